The third kappa shape index (κ3) is 5.02. The van der Waals surface area contributed by atoms with Crippen molar-refractivity contribution in [1.82, 2.24) is 59.8 Å². The summed E-state index contributed by atoms with van der Waals surface area (Å²) in [6.45, 7) is 0. The maximum absolute atomic E-state index is 15.8. The molecule has 0 radical (unpaired) electrons. The summed E-state index contributed by atoms with van der Waals surface area (Å²) in [5, 5.41) is -5.68. The van der Waals surface area contributed by atoms with Crippen LogP contribution in [0.25, 0.3) is 134 Å². The summed E-state index contributed by atoms with van der Waals surface area (Å²) in [6.07, 6.45) is 0. The number of hydrogen-bond acceptors (Lipinski definition) is 8. The Balaban J connectivity index is 1.26. The standard InChI is InChI=1S/C42H6F16N12/c43-15-7-11(19(47)27(55)23(15)51)39-65-35(7)61-31-3-1-4-6(2-5(3)33(59-31)63-37-9-13(41(67-37)69-39)21(49)29(57)25(53)17(9)45)34-60-32(4)62-36-8-12(20(48)28(56)24(52)16(8)44)40(66-36)70-42-14-10(38(64-34)68-42)18(46)26(54)30(58)22(14)50/h1-2H,(H2,59,61,63,65,67,69)(H2,60,62,64,66,68,70). The monoisotopic (exact) mass is 982 g/mol. The van der Waals surface area contributed by atoms with Gasteiger partial charge in [-0.2, -0.15) is 0 Å². The fraction of sp³-hybridized carbons (Fsp3) is 0. The summed E-state index contributed by atoms with van der Waals surface area (Å²) in [5.74, 6) is -39.8. The molecule has 2 aliphatic heterocycles. The lowest BCUT2D eigenvalue weighted by atomic mass is 10.1. The van der Waals surface area contributed by atoms with Crippen LogP contribution in [0.4, 0.5) is 70.2 Å². The van der Waals surface area contributed by atoms with Crippen molar-refractivity contribution in [2.24, 2.45) is 0 Å². The van der Waals surface area contributed by atoms with E-state index in [1.807, 2.05) is 0 Å². The molecule has 0 atom stereocenters. The summed E-state index contributed by atoms with van der Waals surface area (Å²) in [4.78, 5) is 42.2. The summed E-state index contributed by atoms with van der Waals surface area (Å²) in [6, 6.07) is 2.19. The quantitative estimate of drug-likeness (QED) is 0.0662. The van der Waals surface area contributed by atoms with Gasteiger partial charge in [0.05, 0.1) is 43.8 Å². The maximum Gasteiger partial charge on any atom is 0.198 e. The summed E-state index contributed by atoms with van der Waals surface area (Å²) < 4.78 is 244. The summed E-state index contributed by atoms with van der Waals surface area (Å²) in [7, 11) is 0. The van der Waals surface area contributed by atoms with Gasteiger partial charge in [0.1, 0.15) is 45.2 Å². The Labute approximate surface area is 368 Å². The van der Waals surface area contributed by atoms with E-state index in [4.69, 9.17) is 0 Å². The van der Waals surface area contributed by atoms with Gasteiger partial charge in [-0.05, 0) is 12.1 Å². The zero-order chi connectivity index (χ0) is 49.0. The van der Waals surface area contributed by atoms with Crippen LogP contribution in [-0.4, -0.2) is 59.8 Å². The smallest absolute Gasteiger partial charge is 0.198 e. The Morgan fingerprint density at radius 2 is 0.414 bits per heavy atom. The van der Waals surface area contributed by atoms with Gasteiger partial charge in [0.15, 0.2) is 116 Å². The van der Waals surface area contributed by atoms with Crippen molar-refractivity contribution in [3.8, 4) is 45.6 Å². The van der Waals surface area contributed by atoms with E-state index in [-0.39, 0.29) is 21.5 Å². The molecule has 0 unspecified atom stereocenters. The first kappa shape index (κ1) is 41.2. The maximum atomic E-state index is 15.8. The van der Waals surface area contributed by atoms with Crippen molar-refractivity contribution in [2.75, 3.05) is 0 Å². The highest BCUT2D eigenvalue weighted by molar-refractivity contribution is 6.18. The van der Waals surface area contributed by atoms with Crippen LogP contribution in [0, 0.1) is 93.1 Å². The zero-order valence-electron chi connectivity index (χ0n) is 32.8. The Hall–Kier alpha value is -8.98. The fourth-order valence-corrected chi connectivity index (χ4v) is 8.69. The lowest BCUT2D eigenvalue weighted by molar-refractivity contribution is 0.412. The van der Waals surface area contributed by atoms with Gasteiger partial charge in [-0.15, -0.1) is 0 Å². The molecular weight excluding hydrogens is 977 g/mol. The van der Waals surface area contributed by atoms with Crippen LogP contribution in [-0.2, 0) is 0 Å². The Bertz CT molecular complexity index is 4300. The number of rotatable bonds is 0. The molecule has 12 bridgehead atoms. The van der Waals surface area contributed by atoms with E-state index in [2.05, 4.69) is 59.8 Å². The van der Waals surface area contributed by atoms with E-state index < -0.39 is 205 Å². The molecule has 28 heteroatoms. The van der Waals surface area contributed by atoms with Gasteiger partial charge in [0.25, 0.3) is 0 Å². The van der Waals surface area contributed by atoms with Gasteiger partial charge in [0.2, 0.25) is 0 Å². The average Bonchev–Trinajstić information content (AvgIpc) is 4.19. The number of benzene rings is 5. The third-order valence-corrected chi connectivity index (χ3v) is 11.8. The van der Waals surface area contributed by atoms with E-state index in [9.17, 15) is 35.1 Å². The lowest BCUT2D eigenvalue weighted by Gasteiger charge is -2.05. The molecular formula is C42H6F16N12. The normalized spacial score (nSPS) is 12.6. The van der Waals surface area contributed by atoms with Crippen LogP contribution in [0.2, 0.25) is 0 Å². The first-order valence-electron chi connectivity index (χ1n) is 19.3. The van der Waals surface area contributed by atoms with Crippen LogP contribution in [0.1, 0.15) is 0 Å². The topological polar surface area (TPSA) is 166 Å². The number of halogens is 16. The van der Waals surface area contributed by atoms with E-state index in [1.165, 1.54) is 0 Å². The zero-order valence-corrected chi connectivity index (χ0v) is 32.8. The molecule has 0 fully saturated rings. The van der Waals surface area contributed by atoms with Crippen molar-refractivity contribution < 1.29 is 70.2 Å². The Morgan fingerprint density at radius 3 is 0.686 bits per heavy atom. The molecule has 13 rings (SSSR count). The van der Waals surface area contributed by atoms with E-state index in [0.29, 0.717) is 0 Å². The molecule has 4 N–H and O–H groups in total. The minimum atomic E-state index is -2.38. The molecule has 6 aromatic heterocycles. The van der Waals surface area contributed by atoms with Gasteiger partial charge in [-0.25, -0.2) is 110 Å². The molecule has 5 aromatic carbocycles. The van der Waals surface area contributed by atoms with Crippen LogP contribution >= 0.6 is 0 Å². The largest absolute Gasteiger partial charge is 0.324 e. The molecule has 0 amide bonds. The first-order chi connectivity index (χ1) is 33.3. The lowest BCUT2D eigenvalue weighted by Crippen LogP contribution is -2.01. The molecule has 8 heterocycles. The van der Waals surface area contributed by atoms with E-state index in [1.54, 1.807) is 0 Å². The molecule has 11 aromatic rings. The average molecular weight is 983 g/mol. The minimum Gasteiger partial charge on any atom is -0.324 e. The van der Waals surface area contributed by atoms with E-state index in [0.717, 1.165) is 12.1 Å². The van der Waals surface area contributed by atoms with Crippen LogP contribution in [0.3, 0.4) is 0 Å². The highest BCUT2D eigenvalue weighted by atomic mass is 19.2. The highest BCUT2D eigenvalue weighted by Gasteiger charge is 2.37. The minimum absolute atomic E-state index is 0.247. The molecule has 346 valence electrons. The molecule has 0 spiro atoms. The molecule has 0 saturated carbocycles. The van der Waals surface area contributed by atoms with Crippen molar-refractivity contribution in [2.45, 2.75) is 0 Å². The van der Waals surface area contributed by atoms with Crippen molar-refractivity contribution in [3.63, 3.8) is 0 Å². The molecule has 70 heavy (non-hydrogen) atoms. The number of nitrogens with one attached hydrogen (secondary N) is 4. The van der Waals surface area contributed by atoms with Crippen molar-refractivity contribution in [3.05, 3.63) is 105 Å². The highest BCUT2D eigenvalue weighted by Crippen LogP contribution is 2.44. The predicted octanol–water partition coefficient (Wildman–Crippen LogP) is 11.2. The third-order valence-electron chi connectivity index (χ3n) is 11.8. The number of fused-ring (bicyclic) bond motifs is 30. The van der Waals surface area contributed by atoms with Gasteiger partial charge >= 0.3 is 0 Å². The predicted molar refractivity (Wildman–Crippen MR) is 210 cm³/mol. The number of nitrogens with zero attached hydrogens (tertiary/aromatic N) is 8. The van der Waals surface area contributed by atoms with E-state index >= 15 is 35.1 Å². The van der Waals surface area contributed by atoms with Gasteiger partial charge in [0, 0.05) is 21.5 Å². The van der Waals surface area contributed by atoms with Crippen LogP contribution in [0.15, 0.2) is 12.1 Å². The first-order valence-corrected chi connectivity index (χ1v) is 19.3. The summed E-state index contributed by atoms with van der Waals surface area (Å²) in [5.41, 5.74) is -10.6. The van der Waals surface area contributed by atoms with Crippen LogP contribution in [0.5, 0.6) is 0 Å². The molecule has 0 aliphatic carbocycles. The van der Waals surface area contributed by atoms with Crippen molar-refractivity contribution >= 4 is 88.3 Å². The number of aromatic nitrogens is 12. The molecule has 12 nitrogen and oxygen atoms in total. The second-order valence-electron chi connectivity index (χ2n) is 15.4. The second kappa shape index (κ2) is 13.4. The SMILES string of the molecule is Fc1c(F)c(F)c2c(c1F)-c1nc-2nc2[nH]c(nc3[nH]c(n1)c1cc4c5nc6nc(nc7[nH]c(nc([nH]5)c4cc31)c1c(F)c(F)c(F)c(F)c71)-c1c(F)c(F)c(F)c(F)c1-6)c1c(F)c(F)c(F)c(F)c21. The van der Waals surface area contributed by atoms with Crippen LogP contribution < -0.4 is 0 Å². The van der Waals surface area contributed by atoms with Crippen molar-refractivity contribution in [1.29, 1.82) is 0 Å². The number of aromatic amines is 4. The second-order valence-corrected chi connectivity index (χ2v) is 15.4. The fourth-order valence-electron chi connectivity index (χ4n) is 8.69. The number of hydrogen-bond donors (Lipinski definition) is 4. The molecule has 2 aliphatic rings. The molecule has 0 saturated heterocycles. The Morgan fingerprint density at radius 1 is 0.214 bits per heavy atom. The number of H-pyrrole nitrogens is 4. The van der Waals surface area contributed by atoms with Gasteiger partial charge in [-0.3, -0.25) is 0 Å². The van der Waals surface area contributed by atoms with Gasteiger partial charge in [-0.1, -0.05) is 0 Å². The summed E-state index contributed by atoms with van der Waals surface area (Å²) >= 11 is 0. The van der Waals surface area contributed by atoms with Gasteiger partial charge < -0.3 is 19.9 Å². The Kier molecular flexibility index (Phi) is 7.88.